The molecule has 1 heterocycles. The van der Waals surface area contributed by atoms with Crippen LogP contribution in [0.25, 0.3) is 0 Å². The Morgan fingerprint density at radius 3 is 2.84 bits per heavy atom. The van der Waals surface area contributed by atoms with Gasteiger partial charge in [0.2, 0.25) is 0 Å². The third-order valence-corrected chi connectivity index (χ3v) is 4.64. The highest BCUT2D eigenvalue weighted by Gasteiger charge is 2.43. The number of nitrogen functional groups attached to an aromatic ring is 1. The highest BCUT2D eigenvalue weighted by Crippen LogP contribution is 2.38. The molecule has 1 aromatic rings. The normalized spacial score (nSPS) is 29.6. The molecule has 1 aromatic carbocycles. The summed E-state index contributed by atoms with van der Waals surface area (Å²) >= 11 is 6.08. The number of nitrogens with two attached hydrogens (primary N) is 1. The average Bonchev–Trinajstić information content (AvgIpc) is 2.91. The fourth-order valence-electron chi connectivity index (χ4n) is 3.28. The van der Waals surface area contributed by atoms with E-state index in [-0.39, 0.29) is 17.9 Å². The zero-order valence-corrected chi connectivity index (χ0v) is 11.3. The molecule has 4 nitrogen and oxygen atoms in total. The number of carbonyl (C=O) groups excluding carboxylic acids is 1. The van der Waals surface area contributed by atoms with E-state index in [2.05, 4.69) is 0 Å². The molecule has 1 amide bonds. The van der Waals surface area contributed by atoms with Crippen LogP contribution in [0.1, 0.15) is 23.2 Å². The number of anilines is 1. The first-order valence-corrected chi connectivity index (χ1v) is 6.96. The number of likely N-dealkylation sites (tertiary alicyclic amines) is 1. The van der Waals surface area contributed by atoms with Crippen molar-refractivity contribution in [2.45, 2.75) is 18.9 Å². The monoisotopic (exact) mass is 280 g/mol. The van der Waals surface area contributed by atoms with E-state index in [1.165, 1.54) is 0 Å². The minimum Gasteiger partial charge on any atom is -0.399 e. The quantitative estimate of drug-likeness (QED) is 0.771. The van der Waals surface area contributed by atoms with Crippen LogP contribution in [0.5, 0.6) is 0 Å². The molecule has 1 aliphatic carbocycles. The van der Waals surface area contributed by atoms with Crippen LogP contribution in [-0.4, -0.2) is 35.1 Å². The van der Waals surface area contributed by atoms with Crippen molar-refractivity contribution >= 4 is 23.2 Å². The van der Waals surface area contributed by atoms with Crippen LogP contribution >= 0.6 is 11.6 Å². The molecular formula is C14H17ClN2O2. The number of fused-ring (bicyclic) bond motifs is 1. The standard InChI is InChI=1S/C14H17ClN2O2/c15-12-5-9(16)2-3-10(12)14(19)17-6-8-1-4-13(18)11(8)7-17/h2-3,5,8,11,13,18H,1,4,6-7,16H2. The van der Waals surface area contributed by atoms with E-state index in [1.807, 2.05) is 0 Å². The fourth-order valence-corrected chi connectivity index (χ4v) is 3.55. The summed E-state index contributed by atoms with van der Waals surface area (Å²) in [5, 5.41) is 10.3. The molecule has 0 bridgehead atoms. The number of hydrogen-bond acceptors (Lipinski definition) is 3. The van der Waals surface area contributed by atoms with Crippen molar-refractivity contribution < 1.29 is 9.90 Å². The van der Waals surface area contributed by atoms with Crippen molar-refractivity contribution in [1.82, 2.24) is 4.90 Å². The number of aliphatic hydroxyl groups excluding tert-OH is 1. The van der Waals surface area contributed by atoms with Crippen molar-refractivity contribution in [1.29, 1.82) is 0 Å². The lowest BCUT2D eigenvalue weighted by Crippen LogP contribution is -2.31. The Balaban J connectivity index is 1.78. The van der Waals surface area contributed by atoms with Gasteiger partial charge in [-0.15, -0.1) is 0 Å². The van der Waals surface area contributed by atoms with Gasteiger partial charge in [-0.25, -0.2) is 0 Å². The Labute approximate surface area is 117 Å². The predicted molar refractivity (Wildman–Crippen MR) is 74.0 cm³/mol. The first kappa shape index (κ1) is 12.8. The van der Waals surface area contributed by atoms with Gasteiger partial charge in [0.1, 0.15) is 0 Å². The number of halogens is 1. The minimum absolute atomic E-state index is 0.0633. The fraction of sp³-hybridized carbons (Fsp3) is 0.500. The highest BCUT2D eigenvalue weighted by atomic mass is 35.5. The number of rotatable bonds is 1. The summed E-state index contributed by atoms with van der Waals surface area (Å²) in [6.07, 6.45) is 1.61. The highest BCUT2D eigenvalue weighted by molar-refractivity contribution is 6.34. The van der Waals surface area contributed by atoms with Gasteiger partial charge in [-0.2, -0.15) is 0 Å². The number of hydrogen-bond donors (Lipinski definition) is 2. The van der Waals surface area contributed by atoms with E-state index < -0.39 is 0 Å². The maximum absolute atomic E-state index is 12.4. The van der Waals surface area contributed by atoms with Gasteiger partial charge in [0.15, 0.2) is 0 Å². The van der Waals surface area contributed by atoms with Gasteiger partial charge in [-0.05, 0) is 37.0 Å². The molecule has 0 spiro atoms. The summed E-state index contributed by atoms with van der Waals surface area (Å²) in [5.41, 5.74) is 6.67. The maximum atomic E-state index is 12.4. The van der Waals surface area contributed by atoms with Crippen molar-refractivity contribution in [3.63, 3.8) is 0 Å². The van der Waals surface area contributed by atoms with E-state index in [0.29, 0.717) is 28.7 Å². The van der Waals surface area contributed by atoms with Gasteiger partial charge >= 0.3 is 0 Å². The lowest BCUT2D eigenvalue weighted by atomic mass is 10.00. The molecule has 19 heavy (non-hydrogen) atoms. The van der Waals surface area contributed by atoms with Crippen molar-refractivity contribution in [2.24, 2.45) is 11.8 Å². The lowest BCUT2D eigenvalue weighted by Gasteiger charge is -2.19. The second-order valence-electron chi connectivity index (χ2n) is 5.52. The van der Waals surface area contributed by atoms with Gasteiger partial charge < -0.3 is 15.7 Å². The van der Waals surface area contributed by atoms with Crippen LogP contribution in [0.3, 0.4) is 0 Å². The first-order valence-electron chi connectivity index (χ1n) is 6.58. The van der Waals surface area contributed by atoms with E-state index in [4.69, 9.17) is 17.3 Å². The summed E-state index contributed by atoms with van der Waals surface area (Å²) in [4.78, 5) is 14.2. The predicted octanol–water partition coefficient (Wildman–Crippen LogP) is 1.77. The van der Waals surface area contributed by atoms with Crippen LogP contribution in [0, 0.1) is 11.8 Å². The molecule has 102 valence electrons. The molecule has 1 saturated carbocycles. The van der Waals surface area contributed by atoms with Gasteiger partial charge in [-0.3, -0.25) is 4.79 Å². The molecule has 5 heteroatoms. The van der Waals surface area contributed by atoms with Gasteiger partial charge in [0.05, 0.1) is 16.7 Å². The second-order valence-corrected chi connectivity index (χ2v) is 5.93. The Morgan fingerprint density at radius 1 is 1.37 bits per heavy atom. The van der Waals surface area contributed by atoms with Crippen LogP contribution in [0.15, 0.2) is 18.2 Å². The molecule has 0 aromatic heterocycles. The Bertz CT molecular complexity index is 520. The number of nitrogens with zero attached hydrogens (tertiary/aromatic N) is 1. The number of amides is 1. The Morgan fingerprint density at radius 2 is 2.16 bits per heavy atom. The van der Waals surface area contributed by atoms with Crippen molar-refractivity contribution in [2.75, 3.05) is 18.8 Å². The maximum Gasteiger partial charge on any atom is 0.255 e. The van der Waals surface area contributed by atoms with E-state index in [9.17, 15) is 9.90 Å². The average molecular weight is 281 g/mol. The smallest absolute Gasteiger partial charge is 0.255 e. The zero-order chi connectivity index (χ0) is 13.6. The molecule has 3 N–H and O–H groups in total. The topological polar surface area (TPSA) is 66.6 Å². The van der Waals surface area contributed by atoms with Crippen LogP contribution in [0.2, 0.25) is 5.02 Å². The van der Waals surface area contributed by atoms with E-state index >= 15 is 0 Å². The molecule has 3 atom stereocenters. The molecule has 2 fully saturated rings. The lowest BCUT2D eigenvalue weighted by molar-refractivity contribution is 0.0752. The molecular weight excluding hydrogens is 264 g/mol. The van der Waals surface area contributed by atoms with E-state index in [0.717, 1.165) is 19.4 Å². The Hall–Kier alpha value is -1.26. The molecule has 3 rings (SSSR count). The van der Waals surface area contributed by atoms with Crippen LogP contribution in [0.4, 0.5) is 5.69 Å². The number of aliphatic hydroxyl groups is 1. The molecule has 1 aliphatic heterocycles. The van der Waals surface area contributed by atoms with Crippen LogP contribution < -0.4 is 5.73 Å². The largest absolute Gasteiger partial charge is 0.399 e. The van der Waals surface area contributed by atoms with Crippen molar-refractivity contribution in [3.8, 4) is 0 Å². The number of benzene rings is 1. The summed E-state index contributed by atoms with van der Waals surface area (Å²) < 4.78 is 0. The first-order chi connectivity index (χ1) is 9.06. The second kappa shape index (κ2) is 4.69. The minimum atomic E-state index is -0.260. The third-order valence-electron chi connectivity index (χ3n) is 4.33. The zero-order valence-electron chi connectivity index (χ0n) is 10.6. The molecule has 3 unspecified atom stereocenters. The van der Waals surface area contributed by atoms with Gasteiger partial charge in [-0.1, -0.05) is 11.6 Å². The summed E-state index contributed by atoms with van der Waals surface area (Å²) in [6.45, 7) is 1.35. The van der Waals surface area contributed by atoms with Crippen LogP contribution in [-0.2, 0) is 0 Å². The molecule has 0 radical (unpaired) electrons. The summed E-state index contributed by atoms with van der Waals surface area (Å²) in [5.74, 6) is 0.606. The Kier molecular flexibility index (Phi) is 3.15. The summed E-state index contributed by atoms with van der Waals surface area (Å²) in [6, 6.07) is 4.95. The van der Waals surface area contributed by atoms with Gasteiger partial charge in [0.25, 0.3) is 5.91 Å². The van der Waals surface area contributed by atoms with Crippen molar-refractivity contribution in [3.05, 3.63) is 28.8 Å². The van der Waals surface area contributed by atoms with E-state index in [1.54, 1.807) is 23.1 Å². The summed E-state index contributed by atoms with van der Waals surface area (Å²) in [7, 11) is 0. The molecule has 1 saturated heterocycles. The SMILES string of the molecule is Nc1ccc(C(=O)N2CC3CCC(O)C3C2)c(Cl)c1. The number of carbonyl (C=O) groups is 1. The third kappa shape index (κ3) is 2.19. The van der Waals surface area contributed by atoms with Gasteiger partial charge in [0, 0.05) is 24.7 Å². The molecule has 2 aliphatic rings.